The van der Waals surface area contributed by atoms with Gasteiger partial charge in [0.05, 0.1) is 0 Å². The third-order valence-electron chi connectivity index (χ3n) is 6.58. The van der Waals surface area contributed by atoms with Gasteiger partial charge in [0.2, 0.25) is 11.8 Å². The molecule has 40 heavy (non-hydrogen) atoms. The number of rotatable bonds is 10. The summed E-state index contributed by atoms with van der Waals surface area (Å²) in [5.74, 6) is -0.597. The van der Waals surface area contributed by atoms with E-state index >= 15 is 0 Å². The standard InChI is InChI=1S/C33H49N3O4/c1-11-15-24(4)34-29(37)28(26-20-22(2)18-19-23(26)3)36(32(5,6)7)30(38)27(21-25-16-13-12-14-17-25)35-31(39)40-33(8,9)10/h12-14,16-20,24,27-28H,11,15,21H2,1-10H3,(H,34,37)(H,35,39). The minimum atomic E-state index is -0.954. The van der Waals surface area contributed by atoms with Crippen molar-refractivity contribution in [3.8, 4) is 0 Å². The summed E-state index contributed by atoms with van der Waals surface area (Å²) in [5.41, 5.74) is 2.07. The molecule has 0 radical (unpaired) electrons. The van der Waals surface area contributed by atoms with Crippen LogP contribution < -0.4 is 10.6 Å². The summed E-state index contributed by atoms with van der Waals surface area (Å²) in [4.78, 5) is 43.2. The van der Waals surface area contributed by atoms with Gasteiger partial charge in [-0.25, -0.2) is 4.79 Å². The van der Waals surface area contributed by atoms with Crippen molar-refractivity contribution >= 4 is 17.9 Å². The molecule has 220 valence electrons. The first-order valence-electron chi connectivity index (χ1n) is 14.3. The lowest BCUT2D eigenvalue weighted by Crippen LogP contribution is -2.59. The van der Waals surface area contributed by atoms with E-state index in [0.29, 0.717) is 0 Å². The van der Waals surface area contributed by atoms with Crippen molar-refractivity contribution in [2.45, 2.75) is 118 Å². The lowest BCUT2D eigenvalue weighted by Gasteiger charge is -2.43. The Labute approximate surface area is 241 Å². The predicted octanol–water partition coefficient (Wildman–Crippen LogP) is 6.41. The van der Waals surface area contributed by atoms with Crippen LogP contribution in [0.15, 0.2) is 48.5 Å². The summed E-state index contributed by atoms with van der Waals surface area (Å²) in [5, 5.41) is 5.97. The van der Waals surface area contributed by atoms with Crippen molar-refractivity contribution < 1.29 is 19.1 Å². The zero-order valence-electron chi connectivity index (χ0n) is 26.1. The molecule has 0 heterocycles. The highest BCUT2D eigenvalue weighted by Crippen LogP contribution is 2.33. The normalized spacial score (nSPS) is 14.1. The molecule has 2 aromatic carbocycles. The molecule has 0 aromatic heterocycles. The summed E-state index contributed by atoms with van der Waals surface area (Å²) >= 11 is 0. The molecule has 7 heteroatoms. The van der Waals surface area contributed by atoms with Crippen LogP contribution in [0.1, 0.15) is 96.5 Å². The summed E-state index contributed by atoms with van der Waals surface area (Å²) in [6, 6.07) is 13.6. The molecule has 0 bridgehead atoms. The minimum absolute atomic E-state index is 0.0537. The van der Waals surface area contributed by atoms with Gasteiger partial charge in [-0.3, -0.25) is 9.59 Å². The molecular weight excluding hydrogens is 502 g/mol. The molecule has 0 aliphatic carbocycles. The van der Waals surface area contributed by atoms with Crippen LogP contribution in [0.5, 0.6) is 0 Å². The summed E-state index contributed by atoms with van der Waals surface area (Å²) < 4.78 is 5.53. The molecule has 2 aromatic rings. The summed E-state index contributed by atoms with van der Waals surface area (Å²) in [7, 11) is 0. The molecule has 2 rings (SSSR count). The van der Waals surface area contributed by atoms with E-state index in [0.717, 1.165) is 35.1 Å². The first kappa shape index (κ1) is 32.9. The van der Waals surface area contributed by atoms with Gasteiger partial charge in [-0.2, -0.15) is 0 Å². The van der Waals surface area contributed by atoms with Gasteiger partial charge in [-0.1, -0.05) is 67.4 Å². The molecule has 2 N–H and O–H groups in total. The Morgan fingerprint density at radius 3 is 2.10 bits per heavy atom. The van der Waals surface area contributed by atoms with E-state index < -0.39 is 29.3 Å². The van der Waals surface area contributed by atoms with Crippen LogP contribution in [0, 0.1) is 13.8 Å². The van der Waals surface area contributed by atoms with Crippen LogP contribution in [0.4, 0.5) is 4.79 Å². The second-order valence-corrected chi connectivity index (χ2v) is 12.7. The number of alkyl carbamates (subject to hydrolysis) is 1. The zero-order chi connectivity index (χ0) is 30.3. The van der Waals surface area contributed by atoms with Gasteiger partial charge in [0.25, 0.3) is 0 Å². The topological polar surface area (TPSA) is 87.7 Å². The molecule has 3 amide bonds. The predicted molar refractivity (Wildman–Crippen MR) is 161 cm³/mol. The highest BCUT2D eigenvalue weighted by Gasteiger charge is 2.42. The average Bonchev–Trinajstić information content (AvgIpc) is 2.82. The molecule has 0 saturated heterocycles. The smallest absolute Gasteiger partial charge is 0.408 e. The summed E-state index contributed by atoms with van der Waals surface area (Å²) in [6.45, 7) is 19.1. The second kappa shape index (κ2) is 13.8. The highest BCUT2D eigenvalue weighted by atomic mass is 16.6. The van der Waals surface area contributed by atoms with Crippen LogP contribution in [0.3, 0.4) is 0 Å². The Bertz CT molecular complexity index is 1150. The number of carbonyl (C=O) groups is 3. The fourth-order valence-corrected chi connectivity index (χ4v) is 4.79. The van der Waals surface area contributed by atoms with E-state index in [4.69, 9.17) is 4.74 Å². The molecule has 7 nitrogen and oxygen atoms in total. The fraction of sp³-hybridized carbons (Fsp3) is 0.545. The van der Waals surface area contributed by atoms with Gasteiger partial charge in [0.1, 0.15) is 17.7 Å². The fourth-order valence-electron chi connectivity index (χ4n) is 4.79. The quantitative estimate of drug-likeness (QED) is 0.357. The molecular formula is C33H49N3O4. The van der Waals surface area contributed by atoms with E-state index in [1.54, 1.807) is 25.7 Å². The number of hydrogen-bond donors (Lipinski definition) is 2. The van der Waals surface area contributed by atoms with E-state index in [1.807, 2.05) is 90.1 Å². The highest BCUT2D eigenvalue weighted by molar-refractivity contribution is 5.93. The average molecular weight is 552 g/mol. The maximum absolute atomic E-state index is 14.6. The van der Waals surface area contributed by atoms with Crippen LogP contribution in [0.2, 0.25) is 0 Å². The summed E-state index contributed by atoms with van der Waals surface area (Å²) in [6.07, 6.45) is 1.32. The maximum Gasteiger partial charge on any atom is 0.408 e. The number of carbonyl (C=O) groups excluding carboxylic acids is 3. The van der Waals surface area contributed by atoms with Gasteiger partial charge in [-0.05, 0) is 85.4 Å². The number of nitrogens with one attached hydrogen (secondary N) is 2. The third kappa shape index (κ3) is 9.68. The van der Waals surface area contributed by atoms with Crippen molar-refractivity contribution in [1.82, 2.24) is 15.5 Å². The molecule has 0 saturated carbocycles. The van der Waals surface area contributed by atoms with Gasteiger partial charge in [0.15, 0.2) is 0 Å². The van der Waals surface area contributed by atoms with Crippen molar-refractivity contribution in [2.24, 2.45) is 0 Å². The van der Waals surface area contributed by atoms with Crippen LogP contribution in [-0.2, 0) is 20.7 Å². The molecule has 3 unspecified atom stereocenters. The number of hydrogen-bond acceptors (Lipinski definition) is 4. The van der Waals surface area contributed by atoms with E-state index in [9.17, 15) is 14.4 Å². The van der Waals surface area contributed by atoms with Gasteiger partial charge >= 0.3 is 6.09 Å². The Balaban J connectivity index is 2.66. The minimum Gasteiger partial charge on any atom is -0.444 e. The molecule has 0 aliphatic heterocycles. The number of amides is 3. The molecule has 3 atom stereocenters. The molecule has 0 fully saturated rings. The third-order valence-corrected chi connectivity index (χ3v) is 6.58. The SMILES string of the molecule is CCCC(C)NC(=O)C(c1cc(C)ccc1C)N(C(=O)C(Cc1ccccc1)NC(=O)OC(C)(C)C)C(C)(C)C. The monoisotopic (exact) mass is 551 g/mol. The van der Waals surface area contributed by atoms with Gasteiger partial charge in [0, 0.05) is 18.0 Å². The number of ether oxygens (including phenoxy) is 1. The lowest BCUT2D eigenvalue weighted by atomic mass is 9.91. The first-order valence-corrected chi connectivity index (χ1v) is 14.3. The van der Waals surface area contributed by atoms with Crippen LogP contribution in [0.25, 0.3) is 0 Å². The molecule has 0 aliphatic rings. The van der Waals surface area contributed by atoms with Gasteiger partial charge < -0.3 is 20.3 Å². The van der Waals surface area contributed by atoms with Crippen molar-refractivity contribution in [1.29, 1.82) is 0 Å². The maximum atomic E-state index is 14.6. The Morgan fingerprint density at radius 1 is 0.925 bits per heavy atom. The Kier molecular flexibility index (Phi) is 11.4. The van der Waals surface area contributed by atoms with E-state index in [2.05, 4.69) is 17.6 Å². The van der Waals surface area contributed by atoms with E-state index in [1.165, 1.54) is 0 Å². The van der Waals surface area contributed by atoms with Crippen LogP contribution >= 0.6 is 0 Å². The Hall–Kier alpha value is -3.35. The van der Waals surface area contributed by atoms with Crippen LogP contribution in [-0.4, -0.2) is 46.0 Å². The van der Waals surface area contributed by atoms with Crippen molar-refractivity contribution in [3.63, 3.8) is 0 Å². The van der Waals surface area contributed by atoms with E-state index in [-0.39, 0.29) is 24.3 Å². The first-order chi connectivity index (χ1) is 18.5. The van der Waals surface area contributed by atoms with Crippen molar-refractivity contribution in [3.05, 3.63) is 70.8 Å². The molecule has 0 spiro atoms. The number of benzene rings is 2. The number of aryl methyl sites for hydroxylation is 2. The largest absolute Gasteiger partial charge is 0.444 e. The number of nitrogens with zero attached hydrogens (tertiary/aromatic N) is 1. The Morgan fingerprint density at radius 2 is 1.55 bits per heavy atom. The second-order valence-electron chi connectivity index (χ2n) is 12.7. The van der Waals surface area contributed by atoms with Gasteiger partial charge in [-0.15, -0.1) is 0 Å². The van der Waals surface area contributed by atoms with Crippen molar-refractivity contribution in [2.75, 3.05) is 0 Å². The zero-order valence-corrected chi connectivity index (χ0v) is 26.1. The lowest BCUT2D eigenvalue weighted by molar-refractivity contribution is -0.148.